The van der Waals surface area contributed by atoms with Crippen LogP contribution in [0.15, 0.2) is 18.5 Å². The first-order valence-corrected chi connectivity index (χ1v) is 6.11. The first-order valence-electron chi connectivity index (χ1n) is 6.11. The van der Waals surface area contributed by atoms with E-state index in [1.807, 2.05) is 0 Å². The zero-order chi connectivity index (χ0) is 12.3. The quantitative estimate of drug-likeness (QED) is 0.878. The second-order valence-electron chi connectivity index (χ2n) is 4.94. The second-order valence-corrected chi connectivity index (χ2v) is 4.94. The summed E-state index contributed by atoms with van der Waals surface area (Å²) in [7, 11) is 0. The van der Waals surface area contributed by atoms with Gasteiger partial charge in [-0.15, -0.1) is 0 Å². The van der Waals surface area contributed by atoms with E-state index >= 15 is 0 Å². The number of alkyl halides is 1. The van der Waals surface area contributed by atoms with E-state index in [1.165, 1.54) is 19.2 Å². The van der Waals surface area contributed by atoms with Crippen molar-refractivity contribution in [3.8, 4) is 0 Å². The molecule has 1 aliphatic rings. The highest BCUT2D eigenvalue weighted by molar-refractivity contribution is 5.18. The summed E-state index contributed by atoms with van der Waals surface area (Å²) in [4.78, 5) is 3.71. The predicted molar refractivity (Wildman–Crippen MR) is 62.9 cm³/mol. The topological polar surface area (TPSA) is 24.9 Å². The van der Waals surface area contributed by atoms with Gasteiger partial charge in [-0.3, -0.25) is 4.98 Å². The van der Waals surface area contributed by atoms with E-state index in [0.717, 1.165) is 32.0 Å². The average Bonchev–Trinajstić information content (AvgIpc) is 2.30. The van der Waals surface area contributed by atoms with Crippen molar-refractivity contribution >= 4 is 0 Å². The van der Waals surface area contributed by atoms with Crippen LogP contribution in [0.4, 0.5) is 8.78 Å². The Hall–Kier alpha value is -1.03. The van der Waals surface area contributed by atoms with Gasteiger partial charge in [0.1, 0.15) is 11.5 Å². The highest BCUT2D eigenvalue weighted by Gasteiger charge is 2.31. The Kier molecular flexibility index (Phi) is 3.72. The van der Waals surface area contributed by atoms with Gasteiger partial charge in [0.05, 0.1) is 6.20 Å². The van der Waals surface area contributed by atoms with Crippen LogP contribution in [-0.4, -0.2) is 17.6 Å². The summed E-state index contributed by atoms with van der Waals surface area (Å²) in [5.41, 5.74) is -1.20. The molecule has 94 valence electrons. The Labute approximate surface area is 100 Å². The molecule has 0 aliphatic carbocycles. The SMILES string of the molecule is CC(F)(CC1CCCCN1)c1cncc(F)c1. The lowest BCUT2D eigenvalue weighted by atomic mass is 9.88. The van der Waals surface area contributed by atoms with E-state index < -0.39 is 11.5 Å². The van der Waals surface area contributed by atoms with Gasteiger partial charge in [0, 0.05) is 24.2 Å². The van der Waals surface area contributed by atoms with E-state index in [0.29, 0.717) is 12.0 Å². The van der Waals surface area contributed by atoms with Gasteiger partial charge in [0.2, 0.25) is 0 Å². The van der Waals surface area contributed by atoms with Gasteiger partial charge in [-0.1, -0.05) is 6.42 Å². The highest BCUT2D eigenvalue weighted by atomic mass is 19.1. The monoisotopic (exact) mass is 240 g/mol. The van der Waals surface area contributed by atoms with Crippen LogP contribution in [0.1, 0.15) is 38.2 Å². The predicted octanol–water partition coefficient (Wildman–Crippen LogP) is 2.94. The van der Waals surface area contributed by atoms with Crippen LogP contribution >= 0.6 is 0 Å². The summed E-state index contributed by atoms with van der Waals surface area (Å²) in [5.74, 6) is -0.483. The zero-order valence-electron chi connectivity index (χ0n) is 10.0. The van der Waals surface area contributed by atoms with Crippen molar-refractivity contribution in [3.05, 3.63) is 29.8 Å². The number of rotatable bonds is 3. The minimum Gasteiger partial charge on any atom is -0.314 e. The smallest absolute Gasteiger partial charge is 0.141 e. The van der Waals surface area contributed by atoms with Crippen LogP contribution < -0.4 is 5.32 Å². The molecule has 0 amide bonds. The Balaban J connectivity index is 2.06. The first kappa shape index (κ1) is 12.4. The third-order valence-corrected chi connectivity index (χ3v) is 3.35. The molecule has 2 atom stereocenters. The zero-order valence-corrected chi connectivity index (χ0v) is 10.0. The summed E-state index contributed by atoms with van der Waals surface area (Å²) < 4.78 is 27.6. The highest BCUT2D eigenvalue weighted by Crippen LogP contribution is 2.32. The molecule has 2 rings (SSSR count). The fourth-order valence-electron chi connectivity index (χ4n) is 2.38. The number of hydrogen-bond donors (Lipinski definition) is 1. The summed E-state index contributed by atoms with van der Waals surface area (Å²) in [6.07, 6.45) is 6.15. The van der Waals surface area contributed by atoms with E-state index in [2.05, 4.69) is 10.3 Å². The summed E-state index contributed by atoms with van der Waals surface area (Å²) in [6.45, 7) is 2.45. The maximum atomic E-state index is 14.5. The molecule has 1 aromatic heterocycles. The molecule has 1 aromatic rings. The molecule has 0 aromatic carbocycles. The lowest BCUT2D eigenvalue weighted by Gasteiger charge is -2.30. The molecule has 1 N–H and O–H groups in total. The normalized spacial score (nSPS) is 24.3. The standard InChI is InChI=1S/C13H18F2N2/c1-13(15,7-12-4-2-3-5-17-12)10-6-11(14)9-16-8-10/h6,8-9,12,17H,2-5,7H2,1H3. The number of halogens is 2. The molecule has 0 bridgehead atoms. The van der Waals surface area contributed by atoms with Gasteiger partial charge in [-0.25, -0.2) is 8.78 Å². The Morgan fingerprint density at radius 2 is 2.29 bits per heavy atom. The molecular weight excluding hydrogens is 222 g/mol. The average molecular weight is 240 g/mol. The molecule has 4 heteroatoms. The fraction of sp³-hybridized carbons (Fsp3) is 0.615. The lowest BCUT2D eigenvalue weighted by Crippen LogP contribution is -2.38. The van der Waals surface area contributed by atoms with E-state index in [4.69, 9.17) is 0 Å². The number of hydrogen-bond acceptors (Lipinski definition) is 2. The molecule has 2 heterocycles. The van der Waals surface area contributed by atoms with Gasteiger partial charge in [0.25, 0.3) is 0 Å². The van der Waals surface area contributed by atoms with Crippen molar-refractivity contribution in [2.45, 2.75) is 44.3 Å². The summed E-state index contributed by atoms with van der Waals surface area (Å²) >= 11 is 0. The Morgan fingerprint density at radius 1 is 1.47 bits per heavy atom. The molecule has 0 radical (unpaired) electrons. The minimum atomic E-state index is -1.52. The van der Waals surface area contributed by atoms with Crippen molar-refractivity contribution in [3.63, 3.8) is 0 Å². The second kappa shape index (κ2) is 5.08. The van der Waals surface area contributed by atoms with Crippen molar-refractivity contribution in [1.29, 1.82) is 0 Å². The van der Waals surface area contributed by atoms with Crippen LogP contribution in [0.25, 0.3) is 0 Å². The number of nitrogens with one attached hydrogen (secondary N) is 1. The molecule has 0 saturated carbocycles. The summed E-state index contributed by atoms with van der Waals surface area (Å²) in [5, 5.41) is 3.31. The van der Waals surface area contributed by atoms with Crippen molar-refractivity contribution in [2.24, 2.45) is 0 Å². The molecule has 1 aliphatic heterocycles. The van der Waals surface area contributed by atoms with Gasteiger partial charge < -0.3 is 5.32 Å². The molecule has 17 heavy (non-hydrogen) atoms. The van der Waals surface area contributed by atoms with Crippen LogP contribution in [0.3, 0.4) is 0 Å². The van der Waals surface area contributed by atoms with Crippen molar-refractivity contribution < 1.29 is 8.78 Å². The van der Waals surface area contributed by atoms with Gasteiger partial charge in [-0.2, -0.15) is 0 Å². The van der Waals surface area contributed by atoms with Gasteiger partial charge in [0.15, 0.2) is 0 Å². The van der Waals surface area contributed by atoms with Gasteiger partial charge >= 0.3 is 0 Å². The van der Waals surface area contributed by atoms with E-state index in [1.54, 1.807) is 0 Å². The van der Waals surface area contributed by atoms with E-state index in [-0.39, 0.29) is 6.04 Å². The molecular formula is C13H18F2N2. The molecule has 0 spiro atoms. The molecule has 2 unspecified atom stereocenters. The van der Waals surface area contributed by atoms with E-state index in [9.17, 15) is 8.78 Å². The molecule has 1 fully saturated rings. The molecule has 2 nitrogen and oxygen atoms in total. The largest absolute Gasteiger partial charge is 0.314 e. The van der Waals surface area contributed by atoms with Crippen molar-refractivity contribution in [2.75, 3.05) is 6.54 Å². The maximum Gasteiger partial charge on any atom is 0.141 e. The maximum absolute atomic E-state index is 14.5. The Morgan fingerprint density at radius 3 is 2.94 bits per heavy atom. The summed E-state index contributed by atoms with van der Waals surface area (Å²) in [6, 6.07) is 1.41. The fourth-order valence-corrected chi connectivity index (χ4v) is 2.38. The third kappa shape index (κ3) is 3.22. The van der Waals surface area contributed by atoms with Crippen molar-refractivity contribution in [1.82, 2.24) is 10.3 Å². The van der Waals surface area contributed by atoms with Crippen LogP contribution in [-0.2, 0) is 5.67 Å². The number of pyridine rings is 1. The minimum absolute atomic E-state index is 0.182. The van der Waals surface area contributed by atoms with Crippen LogP contribution in [0, 0.1) is 5.82 Å². The molecule has 1 saturated heterocycles. The number of piperidine rings is 1. The Bertz CT molecular complexity index is 373. The van der Waals surface area contributed by atoms with Crippen LogP contribution in [0.5, 0.6) is 0 Å². The number of aromatic nitrogens is 1. The number of nitrogens with zero attached hydrogens (tertiary/aromatic N) is 1. The third-order valence-electron chi connectivity index (χ3n) is 3.35. The van der Waals surface area contributed by atoms with Crippen LogP contribution in [0.2, 0.25) is 0 Å². The lowest BCUT2D eigenvalue weighted by molar-refractivity contribution is 0.145. The first-order chi connectivity index (χ1) is 8.08. The van der Waals surface area contributed by atoms with Gasteiger partial charge in [-0.05, 0) is 32.4 Å².